The summed E-state index contributed by atoms with van der Waals surface area (Å²) in [4.78, 5) is 8.00. The fourth-order valence-corrected chi connectivity index (χ4v) is 4.39. The molecule has 10 nitrogen and oxygen atoms in total. The Morgan fingerprint density at radius 1 is 1.19 bits per heavy atom. The van der Waals surface area contributed by atoms with Crippen LogP contribution in [0.15, 0.2) is 41.4 Å². The van der Waals surface area contributed by atoms with Crippen molar-refractivity contribution < 1.29 is 8.42 Å². The summed E-state index contributed by atoms with van der Waals surface area (Å²) in [7, 11) is -2.13. The second-order valence-corrected chi connectivity index (χ2v) is 9.41. The Labute approximate surface area is 180 Å². The minimum atomic E-state index is -3.51. The van der Waals surface area contributed by atoms with Crippen LogP contribution < -0.4 is 21.1 Å². The van der Waals surface area contributed by atoms with E-state index >= 15 is 0 Å². The van der Waals surface area contributed by atoms with Crippen LogP contribution in [0.4, 0.5) is 23.0 Å². The molecule has 2 heterocycles. The molecule has 0 spiro atoms. The normalized spacial score (nSPS) is 19.1. The summed E-state index contributed by atoms with van der Waals surface area (Å²) in [5, 5.41) is 11.3. The third-order valence-corrected chi connectivity index (χ3v) is 6.83. The highest BCUT2D eigenvalue weighted by atomic mass is 32.2. The summed E-state index contributed by atoms with van der Waals surface area (Å²) in [6, 6.07) is 8.76. The molecule has 162 valence electrons. The Bertz CT molecular complexity index is 1220. The molecule has 0 amide bonds. The third kappa shape index (κ3) is 4.46. The molecular formula is C20H24N8O2S. The van der Waals surface area contributed by atoms with Gasteiger partial charge in [-0.25, -0.2) is 18.1 Å². The minimum absolute atomic E-state index is 0.175. The lowest BCUT2D eigenvalue weighted by Crippen LogP contribution is -2.33. The van der Waals surface area contributed by atoms with E-state index in [4.69, 9.17) is 12.3 Å². The van der Waals surface area contributed by atoms with Crippen molar-refractivity contribution in [2.75, 3.05) is 17.7 Å². The standard InChI is InChI=1S/C20H24N8O2S/c1-22-19-12-24-20-17(25-14-7-9-16(10-8-14)31(29,30)23-2)11-18(27-28(19)20)26-15-5-3-13(21)4-6-15/h7-13,15,23,25H,3-6,21H2,2H3,(H,26,27)/t13-,15-. The molecule has 2 aromatic heterocycles. The fourth-order valence-electron chi connectivity index (χ4n) is 3.66. The van der Waals surface area contributed by atoms with Gasteiger partial charge in [0, 0.05) is 23.8 Å². The molecule has 0 bridgehead atoms. The van der Waals surface area contributed by atoms with Crippen LogP contribution in [-0.2, 0) is 10.0 Å². The Kier molecular flexibility index (Phi) is 5.77. The average molecular weight is 441 g/mol. The maximum absolute atomic E-state index is 11.9. The average Bonchev–Trinajstić information content (AvgIpc) is 3.19. The summed E-state index contributed by atoms with van der Waals surface area (Å²) < 4.78 is 27.7. The molecule has 1 saturated carbocycles. The predicted molar refractivity (Wildman–Crippen MR) is 119 cm³/mol. The molecule has 1 aromatic carbocycles. The molecule has 0 radical (unpaired) electrons. The number of imidazole rings is 1. The molecule has 0 aliphatic heterocycles. The fraction of sp³-hybridized carbons (Fsp3) is 0.350. The summed E-state index contributed by atoms with van der Waals surface area (Å²) >= 11 is 0. The van der Waals surface area contributed by atoms with Crippen molar-refractivity contribution in [2.24, 2.45) is 5.73 Å². The highest BCUT2D eigenvalue weighted by Crippen LogP contribution is 2.28. The van der Waals surface area contributed by atoms with Crippen molar-refractivity contribution in [2.45, 2.75) is 42.7 Å². The molecule has 31 heavy (non-hydrogen) atoms. The van der Waals surface area contributed by atoms with Gasteiger partial charge in [-0.3, -0.25) is 0 Å². The number of sulfonamides is 1. The number of nitrogens with one attached hydrogen (secondary N) is 3. The van der Waals surface area contributed by atoms with Gasteiger partial charge in [-0.2, -0.15) is 0 Å². The number of rotatable bonds is 6. The molecule has 11 heteroatoms. The van der Waals surface area contributed by atoms with Gasteiger partial charge in [0.1, 0.15) is 5.69 Å². The SMILES string of the molecule is [C-]#[N+]c1cnc2c(Nc3ccc(S(=O)(=O)NC)cc3)cc(N[C@H]3CC[C@H](N)CC3)nn12. The van der Waals surface area contributed by atoms with Crippen LogP contribution in [0, 0.1) is 6.57 Å². The molecule has 1 aliphatic rings. The Morgan fingerprint density at radius 3 is 2.55 bits per heavy atom. The zero-order chi connectivity index (χ0) is 22.0. The van der Waals surface area contributed by atoms with Crippen molar-refractivity contribution in [3.8, 4) is 0 Å². The monoisotopic (exact) mass is 440 g/mol. The molecule has 0 unspecified atom stereocenters. The highest BCUT2D eigenvalue weighted by Gasteiger charge is 2.21. The van der Waals surface area contributed by atoms with Crippen LogP contribution in [0.2, 0.25) is 0 Å². The maximum Gasteiger partial charge on any atom is 0.275 e. The van der Waals surface area contributed by atoms with Crippen LogP contribution in [-0.4, -0.2) is 42.1 Å². The van der Waals surface area contributed by atoms with Gasteiger partial charge in [-0.15, -0.1) is 4.52 Å². The van der Waals surface area contributed by atoms with Gasteiger partial charge in [0.05, 0.1) is 11.1 Å². The molecule has 1 fully saturated rings. The second kappa shape index (κ2) is 8.50. The molecule has 0 saturated heterocycles. The van der Waals surface area contributed by atoms with Crippen molar-refractivity contribution in [1.82, 2.24) is 19.3 Å². The second-order valence-electron chi connectivity index (χ2n) is 7.52. The first-order chi connectivity index (χ1) is 14.9. The molecular weight excluding hydrogens is 416 g/mol. The number of anilines is 3. The lowest BCUT2D eigenvalue weighted by atomic mass is 9.92. The van der Waals surface area contributed by atoms with Gasteiger partial charge in [0.2, 0.25) is 10.0 Å². The number of nitrogens with zero attached hydrogens (tertiary/aromatic N) is 4. The Morgan fingerprint density at radius 2 is 1.90 bits per heavy atom. The third-order valence-electron chi connectivity index (χ3n) is 5.40. The predicted octanol–water partition coefficient (Wildman–Crippen LogP) is 2.61. The van der Waals surface area contributed by atoms with E-state index in [0.29, 0.717) is 28.7 Å². The van der Waals surface area contributed by atoms with E-state index in [1.165, 1.54) is 29.9 Å². The first kappa shape index (κ1) is 21.0. The van der Waals surface area contributed by atoms with E-state index in [-0.39, 0.29) is 17.0 Å². The summed E-state index contributed by atoms with van der Waals surface area (Å²) in [6.07, 6.45) is 5.33. The van der Waals surface area contributed by atoms with Gasteiger partial charge in [0.15, 0.2) is 5.82 Å². The smallest absolute Gasteiger partial charge is 0.275 e. The summed E-state index contributed by atoms with van der Waals surface area (Å²) in [5.41, 5.74) is 7.85. The first-order valence-electron chi connectivity index (χ1n) is 9.98. The van der Waals surface area contributed by atoms with Gasteiger partial charge >= 0.3 is 0 Å². The summed E-state index contributed by atoms with van der Waals surface area (Å²) in [5.74, 6) is 0.940. The van der Waals surface area contributed by atoms with Crippen LogP contribution >= 0.6 is 0 Å². The van der Waals surface area contributed by atoms with Crippen LogP contribution in [0.3, 0.4) is 0 Å². The number of aromatic nitrogens is 3. The summed E-state index contributed by atoms with van der Waals surface area (Å²) in [6.45, 7) is 7.39. The van der Waals surface area contributed by atoms with Gasteiger partial charge in [0.25, 0.3) is 11.5 Å². The van der Waals surface area contributed by atoms with E-state index < -0.39 is 10.0 Å². The lowest BCUT2D eigenvalue weighted by Gasteiger charge is -2.27. The van der Waals surface area contributed by atoms with E-state index in [9.17, 15) is 8.42 Å². The van der Waals surface area contributed by atoms with Crippen molar-refractivity contribution in [3.05, 3.63) is 47.9 Å². The largest absolute Gasteiger partial charge is 0.364 e. The van der Waals surface area contributed by atoms with Crippen molar-refractivity contribution >= 4 is 38.7 Å². The van der Waals surface area contributed by atoms with E-state index in [1.54, 1.807) is 12.1 Å². The molecule has 1 aliphatic carbocycles. The number of fused-ring (bicyclic) bond motifs is 1. The quantitative estimate of drug-likeness (QED) is 0.433. The van der Waals surface area contributed by atoms with Crippen molar-refractivity contribution in [1.29, 1.82) is 0 Å². The Balaban J connectivity index is 1.65. The van der Waals surface area contributed by atoms with Crippen LogP contribution in [0.25, 0.3) is 10.5 Å². The zero-order valence-corrected chi connectivity index (χ0v) is 17.9. The van der Waals surface area contributed by atoms with Crippen LogP contribution in [0.1, 0.15) is 25.7 Å². The number of hydrogen-bond donors (Lipinski definition) is 4. The number of benzene rings is 1. The number of nitrogens with two attached hydrogens (primary N) is 1. The zero-order valence-electron chi connectivity index (χ0n) is 17.0. The Hall–Kier alpha value is -3.20. The molecule has 5 N–H and O–H groups in total. The highest BCUT2D eigenvalue weighted by molar-refractivity contribution is 7.89. The van der Waals surface area contributed by atoms with E-state index in [2.05, 4.69) is 30.3 Å². The number of hydrogen-bond acceptors (Lipinski definition) is 7. The van der Waals surface area contributed by atoms with Gasteiger partial charge in [-0.05, 0) is 57.0 Å². The van der Waals surface area contributed by atoms with Gasteiger partial charge < -0.3 is 21.2 Å². The lowest BCUT2D eigenvalue weighted by molar-refractivity contribution is 0.410. The van der Waals surface area contributed by atoms with Crippen LogP contribution in [0.5, 0.6) is 0 Å². The van der Waals surface area contributed by atoms with Crippen molar-refractivity contribution in [3.63, 3.8) is 0 Å². The van der Waals surface area contributed by atoms with E-state index in [0.717, 1.165) is 25.7 Å². The minimum Gasteiger partial charge on any atom is -0.364 e. The maximum atomic E-state index is 11.9. The molecule has 0 atom stereocenters. The first-order valence-corrected chi connectivity index (χ1v) is 11.5. The topological polar surface area (TPSA) is 131 Å². The van der Waals surface area contributed by atoms with Gasteiger partial charge in [-0.1, -0.05) is 11.7 Å². The van der Waals surface area contributed by atoms with E-state index in [1.807, 2.05) is 6.07 Å². The molecule has 3 aromatic rings. The molecule has 4 rings (SSSR count).